The Balaban J connectivity index is 1.59. The van der Waals surface area contributed by atoms with Gasteiger partial charge in [0.05, 0.1) is 5.92 Å². The van der Waals surface area contributed by atoms with Crippen LogP contribution in [-0.2, 0) is 16.0 Å². The van der Waals surface area contributed by atoms with Gasteiger partial charge in [0, 0.05) is 35.6 Å². The number of nitrogens with zero attached hydrogens (tertiary/aromatic N) is 2. The minimum atomic E-state index is -0.946. The molecule has 0 spiro atoms. The Morgan fingerprint density at radius 2 is 2.04 bits per heavy atom. The van der Waals surface area contributed by atoms with Gasteiger partial charge in [-0.15, -0.1) is 0 Å². The second-order valence-corrected chi connectivity index (χ2v) is 7.22. The summed E-state index contributed by atoms with van der Waals surface area (Å²) in [5, 5.41) is 9.12. The first-order valence-corrected chi connectivity index (χ1v) is 8.96. The van der Waals surface area contributed by atoms with E-state index in [2.05, 4.69) is 20.9 Å². The van der Waals surface area contributed by atoms with Crippen LogP contribution in [0.5, 0.6) is 0 Å². The number of halogens is 1. The average molecular weight is 415 g/mol. The molecule has 3 aromatic rings. The van der Waals surface area contributed by atoms with Crippen molar-refractivity contribution in [3.05, 3.63) is 58.4 Å². The lowest BCUT2D eigenvalue weighted by Crippen LogP contribution is -2.25. The minimum Gasteiger partial charge on any atom is -0.481 e. The van der Waals surface area contributed by atoms with Gasteiger partial charge >= 0.3 is 5.97 Å². The molecule has 1 aliphatic rings. The van der Waals surface area contributed by atoms with E-state index < -0.39 is 11.9 Å². The summed E-state index contributed by atoms with van der Waals surface area (Å²) in [7, 11) is 0. The first-order valence-electron chi connectivity index (χ1n) is 8.16. The number of carboxylic acids is 1. The van der Waals surface area contributed by atoms with E-state index in [1.165, 1.54) is 4.90 Å². The summed E-state index contributed by atoms with van der Waals surface area (Å²) in [6.45, 7) is 0.180. The van der Waals surface area contributed by atoms with E-state index >= 15 is 0 Å². The highest BCUT2D eigenvalue weighted by Crippen LogP contribution is 2.29. The van der Waals surface area contributed by atoms with Crippen molar-refractivity contribution in [2.45, 2.75) is 12.8 Å². The molecule has 1 aromatic heterocycles. The first-order chi connectivity index (χ1) is 12.5. The topological polar surface area (TPSA) is 83.6 Å². The molecule has 0 aliphatic carbocycles. The second kappa shape index (κ2) is 6.57. The molecule has 2 aromatic carbocycles. The number of carboxylic acid groups (broad SMARTS) is 1. The average Bonchev–Trinajstić information content (AvgIpc) is 3.19. The van der Waals surface area contributed by atoms with Gasteiger partial charge < -0.3 is 14.4 Å². The molecule has 1 fully saturated rings. The normalized spacial score (nSPS) is 17.2. The van der Waals surface area contributed by atoms with E-state index in [1.807, 2.05) is 24.3 Å². The number of rotatable bonds is 4. The van der Waals surface area contributed by atoms with Crippen LogP contribution in [0, 0.1) is 5.92 Å². The molecule has 1 N–H and O–H groups in total. The van der Waals surface area contributed by atoms with E-state index in [0.29, 0.717) is 29.1 Å². The Morgan fingerprint density at radius 1 is 1.27 bits per heavy atom. The fourth-order valence-corrected chi connectivity index (χ4v) is 3.37. The summed E-state index contributed by atoms with van der Waals surface area (Å²) in [4.78, 5) is 29.2. The summed E-state index contributed by atoms with van der Waals surface area (Å²) >= 11 is 3.41. The third kappa shape index (κ3) is 3.22. The molecule has 4 rings (SSSR count). The predicted molar refractivity (Wildman–Crippen MR) is 99.1 cm³/mol. The van der Waals surface area contributed by atoms with Gasteiger partial charge in [-0.3, -0.25) is 9.59 Å². The van der Waals surface area contributed by atoms with E-state index in [4.69, 9.17) is 9.52 Å². The molecule has 0 radical (unpaired) electrons. The molecule has 0 bridgehead atoms. The summed E-state index contributed by atoms with van der Waals surface area (Å²) in [6.07, 6.45) is 0.597. The molecule has 1 amide bonds. The van der Waals surface area contributed by atoms with Crippen LogP contribution in [0.3, 0.4) is 0 Å². The zero-order valence-electron chi connectivity index (χ0n) is 13.7. The molecule has 1 atom stereocenters. The fraction of sp³-hybridized carbons (Fsp3) is 0.211. The zero-order valence-corrected chi connectivity index (χ0v) is 15.3. The van der Waals surface area contributed by atoms with Crippen LogP contribution in [0.25, 0.3) is 11.1 Å². The number of carbonyl (C=O) groups is 2. The van der Waals surface area contributed by atoms with Crippen molar-refractivity contribution in [1.82, 2.24) is 4.98 Å². The molecule has 2 heterocycles. The Bertz CT molecular complexity index is 996. The zero-order chi connectivity index (χ0) is 18.3. The van der Waals surface area contributed by atoms with Crippen molar-refractivity contribution < 1.29 is 19.1 Å². The highest BCUT2D eigenvalue weighted by Gasteiger charge is 2.35. The van der Waals surface area contributed by atoms with Crippen molar-refractivity contribution in [2.75, 3.05) is 11.4 Å². The number of carbonyl (C=O) groups excluding carboxylic acids is 1. The van der Waals surface area contributed by atoms with Crippen LogP contribution >= 0.6 is 15.9 Å². The Labute approximate surface area is 157 Å². The van der Waals surface area contributed by atoms with Crippen molar-refractivity contribution in [1.29, 1.82) is 0 Å². The number of hydrogen-bond acceptors (Lipinski definition) is 4. The van der Waals surface area contributed by atoms with E-state index in [-0.39, 0.29) is 18.9 Å². The highest BCUT2D eigenvalue weighted by atomic mass is 79.9. The maximum absolute atomic E-state index is 12.1. The molecule has 1 saturated heterocycles. The third-order valence-electron chi connectivity index (χ3n) is 4.47. The van der Waals surface area contributed by atoms with Crippen LogP contribution in [0.15, 0.2) is 51.4 Å². The summed E-state index contributed by atoms with van der Waals surface area (Å²) in [5.74, 6) is -1.21. The maximum atomic E-state index is 12.1. The van der Waals surface area contributed by atoms with Gasteiger partial charge in [-0.1, -0.05) is 28.1 Å². The molecule has 0 unspecified atom stereocenters. The summed E-state index contributed by atoms with van der Waals surface area (Å²) < 4.78 is 6.85. The number of fused-ring (bicyclic) bond motifs is 1. The Kier molecular flexibility index (Phi) is 4.24. The quantitative estimate of drug-likeness (QED) is 0.704. The number of benzene rings is 2. The minimum absolute atomic E-state index is 0.0264. The summed E-state index contributed by atoms with van der Waals surface area (Å²) in [5.41, 5.74) is 3.01. The Morgan fingerprint density at radius 3 is 2.73 bits per heavy atom. The van der Waals surface area contributed by atoms with E-state index in [0.717, 1.165) is 10.0 Å². The van der Waals surface area contributed by atoms with E-state index in [1.54, 1.807) is 18.2 Å². The number of amides is 1. The molecule has 6 nitrogen and oxygen atoms in total. The Hall–Kier alpha value is -2.67. The lowest BCUT2D eigenvalue weighted by Gasteiger charge is -2.15. The van der Waals surface area contributed by atoms with Gasteiger partial charge in [-0.25, -0.2) is 4.98 Å². The van der Waals surface area contributed by atoms with Crippen LogP contribution in [0.2, 0.25) is 0 Å². The number of oxazole rings is 1. The molecular formula is C19H15BrN2O4. The van der Waals surface area contributed by atoms with Gasteiger partial charge in [-0.05, 0) is 29.8 Å². The lowest BCUT2D eigenvalue weighted by molar-refractivity contribution is -0.141. The van der Waals surface area contributed by atoms with Gasteiger partial charge in [-0.2, -0.15) is 0 Å². The molecule has 1 aliphatic heterocycles. The molecule has 7 heteroatoms. The number of aromatic nitrogens is 1. The lowest BCUT2D eigenvalue weighted by atomic mass is 10.1. The first kappa shape index (κ1) is 16.8. The van der Waals surface area contributed by atoms with Crippen LogP contribution in [0.4, 0.5) is 5.69 Å². The highest BCUT2D eigenvalue weighted by molar-refractivity contribution is 9.10. The summed E-state index contributed by atoms with van der Waals surface area (Å²) in [6, 6.07) is 13.2. The third-order valence-corrected chi connectivity index (χ3v) is 5.00. The van der Waals surface area contributed by atoms with Crippen LogP contribution in [-0.4, -0.2) is 28.5 Å². The van der Waals surface area contributed by atoms with Gasteiger partial charge in [0.15, 0.2) is 11.5 Å². The standard InChI is InChI=1S/C19H15BrN2O4/c20-13-3-1-11(2-4-13)7-17-21-15-6-5-14(9-16(15)26-17)22-10-12(19(24)25)8-18(22)23/h1-6,9,12H,7-8,10H2,(H,24,25)/t12-/m0/s1. The SMILES string of the molecule is O=C(O)[C@H]1CC(=O)N(c2ccc3nc(Cc4ccc(Br)cc4)oc3c2)C1. The van der Waals surface area contributed by atoms with Crippen molar-refractivity contribution >= 4 is 44.6 Å². The molecule has 0 saturated carbocycles. The number of hydrogen-bond donors (Lipinski definition) is 1. The van der Waals surface area contributed by atoms with Crippen molar-refractivity contribution in [3.8, 4) is 0 Å². The van der Waals surface area contributed by atoms with Crippen molar-refractivity contribution in [3.63, 3.8) is 0 Å². The van der Waals surface area contributed by atoms with Crippen LogP contribution in [0.1, 0.15) is 17.9 Å². The largest absolute Gasteiger partial charge is 0.481 e. The van der Waals surface area contributed by atoms with E-state index in [9.17, 15) is 9.59 Å². The van der Waals surface area contributed by atoms with Gasteiger partial charge in [0.2, 0.25) is 5.91 Å². The monoisotopic (exact) mass is 414 g/mol. The van der Waals surface area contributed by atoms with Gasteiger partial charge in [0.1, 0.15) is 5.52 Å². The number of aliphatic carboxylic acids is 1. The molecule has 26 heavy (non-hydrogen) atoms. The predicted octanol–water partition coefficient (Wildman–Crippen LogP) is 3.62. The van der Waals surface area contributed by atoms with Crippen LogP contribution < -0.4 is 4.90 Å². The van der Waals surface area contributed by atoms with Gasteiger partial charge in [0.25, 0.3) is 0 Å². The number of anilines is 1. The fourth-order valence-electron chi connectivity index (χ4n) is 3.10. The molecular weight excluding hydrogens is 400 g/mol. The maximum Gasteiger partial charge on any atom is 0.308 e. The molecule has 132 valence electrons. The smallest absolute Gasteiger partial charge is 0.308 e. The van der Waals surface area contributed by atoms with Crippen molar-refractivity contribution in [2.24, 2.45) is 5.92 Å². The second-order valence-electron chi connectivity index (χ2n) is 6.31.